The monoisotopic (exact) mass is 376 g/mol. The number of nitrogens with two attached hydrogens (primary N) is 1. The lowest BCUT2D eigenvalue weighted by Gasteiger charge is -2.15. The maximum atomic E-state index is 14.1. The molecule has 27 heavy (non-hydrogen) atoms. The molecule has 3 rings (SSSR count). The van der Waals surface area contributed by atoms with E-state index in [0.717, 1.165) is 10.8 Å². The lowest BCUT2D eigenvalue weighted by Crippen LogP contribution is -2.37. The maximum absolute atomic E-state index is 14.1. The summed E-state index contributed by atoms with van der Waals surface area (Å²) in [6.07, 6.45) is 0.307. The third-order valence-electron chi connectivity index (χ3n) is 4.71. The molecule has 0 unspecified atom stereocenters. The van der Waals surface area contributed by atoms with Gasteiger partial charge in [-0.25, -0.2) is 4.39 Å². The quantitative estimate of drug-likeness (QED) is 0.675. The zero-order valence-electron chi connectivity index (χ0n) is 14.8. The Kier molecular flexibility index (Phi) is 5.18. The number of carbonyl (C=O) groups excluding carboxylic acids is 2. The molecule has 2 atom stereocenters. The number of primary amides is 1. The molecule has 0 bridgehead atoms. The number of halogens is 1. The van der Waals surface area contributed by atoms with E-state index in [-0.39, 0.29) is 18.6 Å². The minimum Gasteiger partial charge on any atom is -0.496 e. The minimum atomic E-state index is -2.22. The summed E-state index contributed by atoms with van der Waals surface area (Å²) < 4.78 is 25.1. The number of fused-ring (bicyclic) bond motifs is 1. The SMILES string of the molecule is COc1cc2c(OCC[C@@H]3C[C@@](F)(CO)C(=O)N3)cccc2cc1C(N)=O. The van der Waals surface area contributed by atoms with Gasteiger partial charge in [-0.2, -0.15) is 0 Å². The van der Waals surface area contributed by atoms with E-state index in [9.17, 15) is 14.0 Å². The van der Waals surface area contributed by atoms with Crippen molar-refractivity contribution in [3.8, 4) is 11.5 Å². The Balaban J connectivity index is 1.74. The lowest BCUT2D eigenvalue weighted by molar-refractivity contribution is -0.131. The Bertz CT molecular complexity index is 888. The number of rotatable bonds is 7. The summed E-state index contributed by atoms with van der Waals surface area (Å²) in [4.78, 5) is 23.1. The van der Waals surface area contributed by atoms with Gasteiger partial charge in [-0.3, -0.25) is 9.59 Å². The first-order valence-electron chi connectivity index (χ1n) is 8.52. The van der Waals surface area contributed by atoms with Gasteiger partial charge in [0.2, 0.25) is 5.67 Å². The van der Waals surface area contributed by atoms with Crippen molar-refractivity contribution in [1.82, 2.24) is 5.32 Å². The molecule has 1 aliphatic rings. The molecule has 144 valence electrons. The molecule has 0 spiro atoms. The number of methoxy groups -OCH3 is 1. The second-order valence-electron chi connectivity index (χ2n) is 6.53. The van der Waals surface area contributed by atoms with Gasteiger partial charge in [0.25, 0.3) is 11.8 Å². The van der Waals surface area contributed by atoms with Gasteiger partial charge in [0.15, 0.2) is 0 Å². The van der Waals surface area contributed by atoms with Crippen LogP contribution < -0.4 is 20.5 Å². The van der Waals surface area contributed by atoms with E-state index in [1.54, 1.807) is 24.3 Å². The Morgan fingerprint density at radius 3 is 2.81 bits per heavy atom. The number of hydrogen-bond donors (Lipinski definition) is 3. The summed E-state index contributed by atoms with van der Waals surface area (Å²) in [6, 6.07) is 8.29. The molecular weight excluding hydrogens is 355 g/mol. The average Bonchev–Trinajstić information content (AvgIpc) is 2.95. The molecule has 2 amide bonds. The predicted molar refractivity (Wildman–Crippen MR) is 96.6 cm³/mol. The van der Waals surface area contributed by atoms with Crippen molar-refractivity contribution in [2.45, 2.75) is 24.6 Å². The number of ether oxygens (including phenoxy) is 2. The number of aliphatic hydroxyl groups excluding tert-OH is 1. The fourth-order valence-electron chi connectivity index (χ4n) is 3.23. The third-order valence-corrected chi connectivity index (χ3v) is 4.71. The van der Waals surface area contributed by atoms with Gasteiger partial charge in [-0.15, -0.1) is 0 Å². The van der Waals surface area contributed by atoms with E-state index >= 15 is 0 Å². The van der Waals surface area contributed by atoms with Crippen molar-refractivity contribution in [2.75, 3.05) is 20.3 Å². The van der Waals surface area contributed by atoms with E-state index in [0.29, 0.717) is 17.9 Å². The van der Waals surface area contributed by atoms with E-state index in [1.165, 1.54) is 7.11 Å². The third kappa shape index (κ3) is 3.66. The first kappa shape index (κ1) is 18.9. The van der Waals surface area contributed by atoms with Gasteiger partial charge in [-0.1, -0.05) is 12.1 Å². The second kappa shape index (κ2) is 7.40. The molecule has 1 saturated heterocycles. The zero-order valence-corrected chi connectivity index (χ0v) is 14.8. The summed E-state index contributed by atoms with van der Waals surface area (Å²) in [7, 11) is 1.45. The highest BCUT2D eigenvalue weighted by Gasteiger charge is 2.46. The highest BCUT2D eigenvalue weighted by Crippen LogP contribution is 2.32. The van der Waals surface area contributed by atoms with Crippen LogP contribution in [0.3, 0.4) is 0 Å². The maximum Gasteiger partial charge on any atom is 0.260 e. The van der Waals surface area contributed by atoms with Crippen LogP contribution in [0.5, 0.6) is 11.5 Å². The molecule has 0 radical (unpaired) electrons. The van der Waals surface area contributed by atoms with Crippen molar-refractivity contribution in [3.05, 3.63) is 35.9 Å². The van der Waals surface area contributed by atoms with Crippen LogP contribution in [0.2, 0.25) is 0 Å². The van der Waals surface area contributed by atoms with Crippen molar-refractivity contribution >= 4 is 22.6 Å². The normalized spacial score (nSPS) is 21.9. The smallest absolute Gasteiger partial charge is 0.260 e. The number of nitrogens with one attached hydrogen (secondary N) is 1. The number of aliphatic hydroxyl groups is 1. The Labute approximate surface area is 155 Å². The number of carbonyl (C=O) groups is 2. The van der Waals surface area contributed by atoms with E-state index in [1.807, 2.05) is 6.07 Å². The van der Waals surface area contributed by atoms with Crippen LogP contribution in [0.15, 0.2) is 30.3 Å². The van der Waals surface area contributed by atoms with Crippen LogP contribution in [-0.2, 0) is 4.79 Å². The zero-order chi connectivity index (χ0) is 19.6. The lowest BCUT2D eigenvalue weighted by atomic mass is 10.0. The van der Waals surface area contributed by atoms with Gasteiger partial charge in [0.1, 0.15) is 11.5 Å². The van der Waals surface area contributed by atoms with Crippen LogP contribution in [0.25, 0.3) is 10.8 Å². The summed E-state index contributed by atoms with van der Waals surface area (Å²) >= 11 is 0. The molecule has 1 fully saturated rings. The van der Waals surface area contributed by atoms with Crippen LogP contribution in [0.1, 0.15) is 23.2 Å². The molecule has 1 heterocycles. The largest absolute Gasteiger partial charge is 0.496 e. The molecule has 2 aromatic rings. The fraction of sp³-hybridized carbons (Fsp3) is 0.368. The molecule has 7 nitrogen and oxygen atoms in total. The van der Waals surface area contributed by atoms with Gasteiger partial charge in [0.05, 0.1) is 25.9 Å². The van der Waals surface area contributed by atoms with E-state index < -0.39 is 30.1 Å². The molecule has 8 heteroatoms. The van der Waals surface area contributed by atoms with Crippen LogP contribution in [0, 0.1) is 0 Å². The van der Waals surface area contributed by atoms with E-state index in [2.05, 4.69) is 5.32 Å². The van der Waals surface area contributed by atoms with Gasteiger partial charge >= 0.3 is 0 Å². The van der Waals surface area contributed by atoms with Crippen molar-refractivity contribution in [3.63, 3.8) is 0 Å². The molecule has 0 aromatic heterocycles. The highest BCUT2D eigenvalue weighted by atomic mass is 19.1. The topological polar surface area (TPSA) is 111 Å². The molecule has 2 aromatic carbocycles. The Morgan fingerprint density at radius 2 is 2.19 bits per heavy atom. The van der Waals surface area contributed by atoms with Crippen molar-refractivity contribution in [2.24, 2.45) is 5.73 Å². The summed E-state index contributed by atoms with van der Waals surface area (Å²) in [6.45, 7) is -0.590. The first-order valence-corrected chi connectivity index (χ1v) is 8.52. The minimum absolute atomic E-state index is 0.0863. The molecule has 0 saturated carbocycles. The number of hydrogen-bond acceptors (Lipinski definition) is 5. The molecule has 1 aliphatic heterocycles. The summed E-state index contributed by atoms with van der Waals surface area (Å²) in [5.74, 6) is -0.460. The van der Waals surface area contributed by atoms with Gasteiger partial charge in [-0.05, 0) is 23.6 Å². The van der Waals surface area contributed by atoms with Crippen LogP contribution in [-0.4, -0.2) is 49.0 Å². The number of benzene rings is 2. The second-order valence-corrected chi connectivity index (χ2v) is 6.53. The number of alkyl halides is 1. The predicted octanol–water partition coefficient (Wildman–Crippen LogP) is 1.31. The summed E-state index contributed by atoms with van der Waals surface area (Å²) in [5, 5.41) is 13.1. The van der Waals surface area contributed by atoms with Crippen molar-refractivity contribution in [1.29, 1.82) is 0 Å². The molecular formula is C19H21FN2O5. The summed E-state index contributed by atoms with van der Waals surface area (Å²) in [5.41, 5.74) is 3.44. The first-order chi connectivity index (χ1) is 12.9. The molecule has 0 aliphatic carbocycles. The van der Waals surface area contributed by atoms with Crippen LogP contribution >= 0.6 is 0 Å². The molecule has 4 N–H and O–H groups in total. The van der Waals surface area contributed by atoms with Gasteiger partial charge in [0, 0.05) is 24.3 Å². The van der Waals surface area contributed by atoms with Crippen molar-refractivity contribution < 1.29 is 28.6 Å². The average molecular weight is 376 g/mol. The number of amides is 2. The standard InChI is InChI=1S/C19H21FN2O5/c1-26-16-8-13-11(7-14(16)17(21)24)3-2-4-15(13)27-6-5-12-9-19(20,10-23)18(25)22-12/h2-4,7-8,12,23H,5-6,9-10H2,1H3,(H2,21,24)(H,22,25)/t12-,19-/m1/s1. The van der Waals surface area contributed by atoms with Gasteiger partial charge < -0.3 is 25.6 Å². The van der Waals surface area contributed by atoms with Crippen LogP contribution in [0.4, 0.5) is 4.39 Å². The Morgan fingerprint density at radius 1 is 1.41 bits per heavy atom. The van der Waals surface area contributed by atoms with E-state index in [4.69, 9.17) is 20.3 Å². The highest BCUT2D eigenvalue weighted by molar-refractivity contribution is 6.02. The Hall–Kier alpha value is -2.87. The fourth-order valence-corrected chi connectivity index (χ4v) is 3.23.